The van der Waals surface area contributed by atoms with Crippen LogP contribution in [-0.2, 0) is 0 Å². The van der Waals surface area contributed by atoms with E-state index in [0.717, 1.165) is 5.56 Å². The van der Waals surface area contributed by atoms with Crippen LogP contribution in [0.5, 0.6) is 0 Å². The zero-order valence-corrected chi connectivity index (χ0v) is 6.94. The highest BCUT2D eigenvalue weighted by atomic mass is 14.8. The molecule has 0 aliphatic rings. The van der Waals surface area contributed by atoms with Crippen LogP contribution >= 0.6 is 0 Å². The summed E-state index contributed by atoms with van der Waals surface area (Å²) < 4.78 is 21.5. The van der Waals surface area contributed by atoms with Crippen molar-refractivity contribution < 1.29 is 4.11 Å². The van der Waals surface area contributed by atoms with E-state index in [4.69, 9.17) is 4.11 Å². The molecule has 0 spiro atoms. The van der Waals surface area contributed by atoms with Gasteiger partial charge in [0, 0.05) is 15.9 Å². The summed E-state index contributed by atoms with van der Waals surface area (Å²) in [6, 6.07) is 9.51. The Morgan fingerprint density at radius 1 is 1.08 bits per heavy atom. The standard InChI is InChI=1S/C11H10N2/c1-9-7-13-11(8-12-9)10-5-3-2-4-6-10/h2-8H,1H3/i1D3. The number of aromatic nitrogens is 2. The molecule has 0 aliphatic carbocycles. The molecule has 1 aromatic carbocycles. The van der Waals surface area contributed by atoms with Crippen LogP contribution < -0.4 is 0 Å². The lowest BCUT2D eigenvalue weighted by atomic mass is 10.2. The third kappa shape index (κ3) is 1.72. The van der Waals surface area contributed by atoms with Crippen molar-refractivity contribution in [1.82, 2.24) is 9.97 Å². The molecule has 1 heterocycles. The highest BCUT2D eigenvalue weighted by molar-refractivity contribution is 5.57. The van der Waals surface area contributed by atoms with Crippen molar-refractivity contribution in [3.8, 4) is 11.3 Å². The van der Waals surface area contributed by atoms with Crippen molar-refractivity contribution in [3.05, 3.63) is 48.4 Å². The monoisotopic (exact) mass is 173 g/mol. The molecule has 2 heteroatoms. The molecule has 0 amide bonds. The van der Waals surface area contributed by atoms with Crippen LogP contribution in [0.1, 0.15) is 9.81 Å². The maximum absolute atomic E-state index is 7.18. The van der Waals surface area contributed by atoms with Gasteiger partial charge >= 0.3 is 0 Å². The van der Waals surface area contributed by atoms with Crippen LogP contribution in [0.15, 0.2) is 42.7 Å². The Bertz CT molecular complexity index is 463. The molecule has 64 valence electrons. The molecule has 1 aromatic heterocycles. The molecule has 0 unspecified atom stereocenters. The second-order valence-corrected chi connectivity index (χ2v) is 2.65. The fraction of sp³-hybridized carbons (Fsp3) is 0.0909. The molecule has 2 rings (SSSR count). The lowest BCUT2D eigenvalue weighted by Crippen LogP contribution is -1.86. The molecular formula is C11H10N2. The molecule has 13 heavy (non-hydrogen) atoms. The Balaban J connectivity index is 2.34. The van der Waals surface area contributed by atoms with Crippen molar-refractivity contribution in [2.24, 2.45) is 0 Å². The quantitative estimate of drug-likeness (QED) is 0.662. The van der Waals surface area contributed by atoms with Crippen molar-refractivity contribution >= 4 is 0 Å². The largest absolute Gasteiger partial charge is 0.258 e. The first-order chi connectivity index (χ1) is 7.57. The lowest BCUT2D eigenvalue weighted by Gasteiger charge is -1.98. The van der Waals surface area contributed by atoms with Crippen LogP contribution in [0.4, 0.5) is 0 Å². The highest BCUT2D eigenvalue weighted by Gasteiger charge is 1.96. The van der Waals surface area contributed by atoms with E-state index in [2.05, 4.69) is 9.97 Å². The molecule has 0 atom stereocenters. The van der Waals surface area contributed by atoms with Crippen molar-refractivity contribution in [1.29, 1.82) is 0 Å². The first kappa shape index (κ1) is 5.12. The van der Waals surface area contributed by atoms with Gasteiger partial charge in [0.05, 0.1) is 17.6 Å². The number of aryl methyl sites for hydroxylation is 1. The van der Waals surface area contributed by atoms with Gasteiger partial charge in [-0.1, -0.05) is 30.3 Å². The zero-order valence-electron chi connectivity index (χ0n) is 9.94. The minimum atomic E-state index is -2.19. The summed E-state index contributed by atoms with van der Waals surface area (Å²) in [4.78, 5) is 7.99. The van der Waals surface area contributed by atoms with Crippen molar-refractivity contribution in [3.63, 3.8) is 0 Å². The normalized spacial score (nSPS) is 14.3. The van der Waals surface area contributed by atoms with Gasteiger partial charge in [-0.2, -0.15) is 0 Å². The van der Waals surface area contributed by atoms with Crippen LogP contribution in [0.2, 0.25) is 0 Å². The van der Waals surface area contributed by atoms with Crippen LogP contribution in [0.25, 0.3) is 11.3 Å². The van der Waals surface area contributed by atoms with E-state index in [9.17, 15) is 0 Å². The van der Waals surface area contributed by atoms with E-state index in [-0.39, 0.29) is 5.69 Å². The molecule has 0 saturated heterocycles. The summed E-state index contributed by atoms with van der Waals surface area (Å²) >= 11 is 0. The van der Waals surface area contributed by atoms with Crippen LogP contribution in [0.3, 0.4) is 0 Å². The topological polar surface area (TPSA) is 25.8 Å². The molecule has 0 N–H and O–H groups in total. The second-order valence-electron chi connectivity index (χ2n) is 2.65. The van der Waals surface area contributed by atoms with Crippen LogP contribution in [-0.4, -0.2) is 9.97 Å². The highest BCUT2D eigenvalue weighted by Crippen LogP contribution is 2.14. The molecule has 0 radical (unpaired) electrons. The van der Waals surface area contributed by atoms with E-state index in [1.54, 1.807) is 0 Å². The summed E-state index contributed by atoms with van der Waals surface area (Å²) in [5.74, 6) is 0. The summed E-state index contributed by atoms with van der Waals surface area (Å²) in [5.41, 5.74) is 1.62. The lowest BCUT2D eigenvalue weighted by molar-refractivity contribution is 1.12. The maximum Gasteiger partial charge on any atom is 0.0885 e. The fourth-order valence-electron chi connectivity index (χ4n) is 1.09. The summed E-state index contributed by atoms with van der Waals surface area (Å²) in [6.07, 6.45) is 2.78. The smallest absolute Gasteiger partial charge is 0.0885 e. The first-order valence-electron chi connectivity index (χ1n) is 5.45. The molecule has 0 fully saturated rings. The van der Waals surface area contributed by atoms with E-state index in [0.29, 0.717) is 5.69 Å². The van der Waals surface area contributed by atoms with Gasteiger partial charge < -0.3 is 0 Å². The summed E-state index contributed by atoms with van der Waals surface area (Å²) in [7, 11) is 0. The first-order valence-corrected chi connectivity index (χ1v) is 3.95. The number of hydrogen-bond donors (Lipinski definition) is 0. The Hall–Kier alpha value is -1.70. The van der Waals surface area contributed by atoms with E-state index < -0.39 is 6.85 Å². The molecule has 2 aromatic rings. The predicted octanol–water partition coefficient (Wildman–Crippen LogP) is 2.45. The minimum absolute atomic E-state index is 0.0205. The molecular weight excluding hydrogens is 160 g/mol. The van der Waals surface area contributed by atoms with Gasteiger partial charge in [0.15, 0.2) is 0 Å². The average Bonchev–Trinajstić information content (AvgIpc) is 2.29. The molecule has 0 aliphatic heterocycles. The number of hydrogen-bond acceptors (Lipinski definition) is 2. The van der Waals surface area contributed by atoms with Gasteiger partial charge in [-0.3, -0.25) is 9.97 Å². The van der Waals surface area contributed by atoms with Crippen LogP contribution in [0, 0.1) is 6.85 Å². The van der Waals surface area contributed by atoms with Crippen molar-refractivity contribution in [2.75, 3.05) is 0 Å². The summed E-state index contributed by atoms with van der Waals surface area (Å²) in [5, 5.41) is 0. The van der Waals surface area contributed by atoms with Gasteiger partial charge in [0.1, 0.15) is 0 Å². The SMILES string of the molecule is [2H]C([2H])([2H])c1cnc(-c2ccccc2)cn1. The molecule has 0 saturated carbocycles. The van der Waals surface area contributed by atoms with Gasteiger partial charge in [0.2, 0.25) is 0 Å². The van der Waals surface area contributed by atoms with E-state index >= 15 is 0 Å². The van der Waals surface area contributed by atoms with Gasteiger partial charge in [0.25, 0.3) is 0 Å². The maximum atomic E-state index is 7.18. The van der Waals surface area contributed by atoms with Gasteiger partial charge in [-0.15, -0.1) is 0 Å². The fourth-order valence-corrected chi connectivity index (χ4v) is 1.09. The third-order valence-corrected chi connectivity index (χ3v) is 1.72. The van der Waals surface area contributed by atoms with E-state index in [1.807, 2.05) is 30.3 Å². The van der Waals surface area contributed by atoms with Gasteiger partial charge in [-0.05, 0) is 6.85 Å². The molecule has 0 bridgehead atoms. The van der Waals surface area contributed by atoms with Gasteiger partial charge in [-0.25, -0.2) is 0 Å². The second kappa shape index (κ2) is 3.35. The Labute approximate surface area is 81.5 Å². The Morgan fingerprint density at radius 2 is 1.92 bits per heavy atom. The number of rotatable bonds is 1. The Morgan fingerprint density at radius 3 is 2.54 bits per heavy atom. The van der Waals surface area contributed by atoms with Crippen molar-refractivity contribution in [2.45, 2.75) is 6.85 Å². The average molecular weight is 173 g/mol. The number of benzene rings is 1. The predicted molar refractivity (Wildman–Crippen MR) is 52.2 cm³/mol. The molecule has 2 nitrogen and oxygen atoms in total. The number of nitrogens with zero attached hydrogens (tertiary/aromatic N) is 2. The zero-order chi connectivity index (χ0) is 11.6. The Kier molecular flexibility index (Phi) is 1.32. The third-order valence-electron chi connectivity index (χ3n) is 1.72. The van der Waals surface area contributed by atoms with E-state index in [1.165, 1.54) is 12.4 Å². The summed E-state index contributed by atoms with van der Waals surface area (Å²) in [6.45, 7) is -2.19. The minimum Gasteiger partial charge on any atom is -0.258 e.